The number of ether oxygens (including phenoxy) is 2. The van der Waals surface area contributed by atoms with Crippen molar-refractivity contribution in [1.82, 2.24) is 10.3 Å². The van der Waals surface area contributed by atoms with Crippen molar-refractivity contribution in [2.45, 2.75) is 51.0 Å². The van der Waals surface area contributed by atoms with Crippen molar-refractivity contribution in [2.24, 2.45) is 11.0 Å². The number of hydrazone groups is 1. The Morgan fingerprint density at radius 1 is 1.04 bits per heavy atom. The van der Waals surface area contributed by atoms with Gasteiger partial charge in [0.1, 0.15) is 5.75 Å². The van der Waals surface area contributed by atoms with E-state index in [0.717, 1.165) is 12.0 Å². The van der Waals surface area contributed by atoms with Crippen LogP contribution in [0.3, 0.4) is 0 Å². The number of hydrogen-bond acceptors (Lipinski definition) is 11. The number of carbonyl (C=O) groups is 2. The molecule has 2 aromatic carbocycles. The van der Waals surface area contributed by atoms with Crippen LogP contribution in [0.2, 0.25) is 0 Å². The molecule has 0 aliphatic rings. The normalized spacial score (nSPS) is 15.8. The third-order valence-corrected chi connectivity index (χ3v) is 10.5. The molecule has 2 aromatic rings. The molecule has 0 heterocycles. The van der Waals surface area contributed by atoms with Crippen molar-refractivity contribution >= 4 is 33.3 Å². The van der Waals surface area contributed by atoms with Crippen LogP contribution < -0.4 is 79.1 Å². The van der Waals surface area contributed by atoms with Gasteiger partial charge in [-0.25, -0.2) is 5.43 Å². The number of hydrogen-bond donors (Lipinski definition) is 4. The van der Waals surface area contributed by atoms with Gasteiger partial charge in [-0.3, -0.25) is 9.59 Å². The first kappa shape index (κ1) is 46.1. The predicted octanol–water partition coefficient (Wildman–Crippen LogP) is -4.48. The van der Waals surface area contributed by atoms with Crippen molar-refractivity contribution in [3.05, 3.63) is 65.2 Å². The minimum Gasteiger partial charge on any atom is -0.776 e. The van der Waals surface area contributed by atoms with Gasteiger partial charge in [-0.15, -0.1) is 0 Å². The van der Waals surface area contributed by atoms with Crippen LogP contribution in [-0.2, 0) is 29.9 Å². The summed E-state index contributed by atoms with van der Waals surface area (Å²) in [5, 5.41) is 10.1. The maximum absolute atomic E-state index is 12.4. The van der Waals surface area contributed by atoms with E-state index >= 15 is 0 Å². The topological polar surface area (TPSA) is 221 Å². The molecule has 0 fully saturated rings. The Kier molecular flexibility index (Phi) is 20.9. The van der Waals surface area contributed by atoms with E-state index in [9.17, 15) is 33.6 Å². The number of nitrogens with zero attached hydrogens (tertiary/aromatic N) is 2. The van der Waals surface area contributed by atoms with Crippen LogP contribution in [0, 0.1) is 5.92 Å². The fourth-order valence-electron chi connectivity index (χ4n) is 4.13. The summed E-state index contributed by atoms with van der Waals surface area (Å²) in [5.74, 6) is -0.656. The second kappa shape index (κ2) is 21.3. The number of nitrogens with one attached hydrogen (secondary N) is 1. The van der Waals surface area contributed by atoms with Crippen LogP contribution in [-0.4, -0.2) is 76.3 Å². The molecule has 2 rings (SSSR count). The van der Waals surface area contributed by atoms with Gasteiger partial charge < -0.3 is 48.2 Å². The van der Waals surface area contributed by atoms with E-state index in [0.29, 0.717) is 30.2 Å². The van der Waals surface area contributed by atoms with Crippen molar-refractivity contribution < 1.29 is 112 Å². The summed E-state index contributed by atoms with van der Waals surface area (Å²) in [5.41, 5.74) is 4.88. The molecule has 1 amide bonds. The maximum Gasteiger partial charge on any atom is 1.00 e. The Hall–Kier alpha value is -0.930. The smallest absolute Gasteiger partial charge is 0.776 e. The molecule has 0 aliphatic carbocycles. The van der Waals surface area contributed by atoms with Crippen LogP contribution >= 0.6 is 15.2 Å². The molecule has 47 heavy (non-hydrogen) atoms. The van der Waals surface area contributed by atoms with Gasteiger partial charge in [0.25, 0.3) is 5.91 Å². The Balaban J connectivity index is 0.0000106. The van der Waals surface area contributed by atoms with Gasteiger partial charge >= 0.3 is 65.1 Å². The fraction of sp³-hybridized carbons (Fsp3) is 0.483. The molecule has 18 heteroatoms. The van der Waals surface area contributed by atoms with E-state index in [2.05, 4.69) is 24.4 Å². The zero-order valence-corrected chi connectivity index (χ0v) is 33.5. The molecule has 0 saturated heterocycles. The molecule has 0 saturated carbocycles. The largest absolute Gasteiger partial charge is 1.00 e. The Labute approximate surface area is 319 Å². The van der Waals surface area contributed by atoms with Crippen LogP contribution in [0.5, 0.6) is 5.75 Å². The predicted molar refractivity (Wildman–Crippen MR) is 163 cm³/mol. The number of aliphatic hydroxyl groups is 1. The Morgan fingerprint density at radius 2 is 1.66 bits per heavy atom. The molecule has 0 bridgehead atoms. The quantitative estimate of drug-likeness (QED) is 0.0287. The number of rotatable bonds is 18. The summed E-state index contributed by atoms with van der Waals surface area (Å²) in [6.45, 7) is 5.75. The fourth-order valence-corrected chi connectivity index (χ4v) is 6.17. The zero-order chi connectivity index (χ0) is 33.8. The molecule has 4 N–H and O–H groups in total. The number of benzene rings is 2. The molecule has 250 valence electrons. The van der Waals surface area contributed by atoms with E-state index in [1.165, 1.54) is 23.7 Å². The van der Waals surface area contributed by atoms with Gasteiger partial charge in [-0.1, -0.05) is 50.2 Å². The SMILES string of the molecule is CC(C)Cc1ccc([C@H](C)C(=O)OCC(=O)N/N=C/c2cccc(OCCCN(C)CCC(O)(P(=O)([O-])O)P(=O)([O-])O)c2)cc1.[Na+].[Na+]. The number of amides is 1. The van der Waals surface area contributed by atoms with Crippen LogP contribution in [0.4, 0.5) is 0 Å². The summed E-state index contributed by atoms with van der Waals surface area (Å²) in [4.78, 5) is 66.8. The third kappa shape index (κ3) is 15.7. The molecular formula is C29H41N3Na2O11P2. The maximum atomic E-state index is 12.4. The average Bonchev–Trinajstić information content (AvgIpc) is 2.95. The molecule has 0 aliphatic heterocycles. The van der Waals surface area contributed by atoms with Crippen LogP contribution in [0.25, 0.3) is 0 Å². The number of esters is 1. The first-order chi connectivity index (χ1) is 20.9. The monoisotopic (exact) mass is 715 g/mol. The van der Waals surface area contributed by atoms with Crippen LogP contribution in [0.1, 0.15) is 56.2 Å². The second-order valence-corrected chi connectivity index (χ2v) is 15.0. The molecule has 0 aromatic heterocycles. The van der Waals surface area contributed by atoms with Gasteiger partial charge in [0.05, 0.1) is 18.7 Å². The standard InChI is InChI=1S/C29H43N3O11P2.2Na/c1-21(2)17-23-9-11-25(12-10-23)22(3)28(34)43-20-27(33)31-30-19-24-7-5-8-26(18-24)42-16-6-14-32(4)15-13-29(35,44(36,37)38)45(39,40)41;;/h5,7-12,18-19,21-22,35H,6,13-17,20H2,1-4H3,(H,31,33)(H2,36,37,38)(H2,39,40,41);;/q;2*+1/p-2/b30-19+;;/t22-;;/m0../s1. The Bertz CT molecular complexity index is 1380. The van der Waals surface area contributed by atoms with Gasteiger partial charge in [-0.05, 0) is 61.6 Å². The molecule has 3 atom stereocenters. The van der Waals surface area contributed by atoms with E-state index in [4.69, 9.17) is 19.3 Å². The van der Waals surface area contributed by atoms with Crippen molar-refractivity contribution in [3.63, 3.8) is 0 Å². The Morgan fingerprint density at radius 3 is 2.23 bits per heavy atom. The summed E-state index contributed by atoms with van der Waals surface area (Å²) >= 11 is 0. The zero-order valence-electron chi connectivity index (χ0n) is 27.7. The van der Waals surface area contributed by atoms with Gasteiger partial charge in [0, 0.05) is 19.5 Å². The first-order valence-electron chi connectivity index (χ1n) is 14.2. The summed E-state index contributed by atoms with van der Waals surface area (Å²) in [7, 11) is -10.1. The third-order valence-electron chi connectivity index (χ3n) is 6.77. The van der Waals surface area contributed by atoms with E-state index < -0.39 is 51.1 Å². The molecule has 2 unspecified atom stereocenters. The number of carbonyl (C=O) groups excluding carboxylic acids is 2. The average molecular weight is 716 g/mol. The molecule has 0 radical (unpaired) electrons. The van der Waals surface area contributed by atoms with Gasteiger partial charge in [-0.2, -0.15) is 5.10 Å². The minimum atomic E-state index is -5.81. The second-order valence-electron chi connectivity index (χ2n) is 11.1. The molecule has 14 nitrogen and oxygen atoms in total. The van der Waals surface area contributed by atoms with Gasteiger partial charge in [0.2, 0.25) is 0 Å². The van der Waals surface area contributed by atoms with E-state index in [1.807, 2.05) is 24.3 Å². The summed E-state index contributed by atoms with van der Waals surface area (Å²) in [6.07, 6.45) is 1.80. The molecular weight excluding hydrogens is 674 g/mol. The van der Waals surface area contributed by atoms with Crippen molar-refractivity contribution in [1.29, 1.82) is 0 Å². The van der Waals surface area contributed by atoms with E-state index in [1.54, 1.807) is 31.2 Å². The van der Waals surface area contributed by atoms with Crippen molar-refractivity contribution in [3.8, 4) is 5.75 Å². The summed E-state index contributed by atoms with van der Waals surface area (Å²) in [6, 6.07) is 14.5. The van der Waals surface area contributed by atoms with Crippen LogP contribution in [0.15, 0.2) is 53.6 Å². The first-order valence-corrected chi connectivity index (χ1v) is 17.4. The summed E-state index contributed by atoms with van der Waals surface area (Å²) < 4.78 is 33.5. The van der Waals surface area contributed by atoms with Gasteiger partial charge in [0.15, 0.2) is 26.9 Å². The van der Waals surface area contributed by atoms with Crippen molar-refractivity contribution in [2.75, 3.05) is 33.4 Å². The van der Waals surface area contributed by atoms with E-state index in [-0.39, 0.29) is 72.3 Å². The molecule has 0 spiro atoms. The minimum absolute atomic E-state index is 0.